The summed E-state index contributed by atoms with van der Waals surface area (Å²) in [5, 5.41) is 14.7. The van der Waals surface area contributed by atoms with Crippen LogP contribution in [0.1, 0.15) is 5.56 Å². The Hall–Kier alpha value is -3.12. The lowest BCUT2D eigenvalue weighted by molar-refractivity contribution is 0.148. The number of nitrogens with zero attached hydrogens (tertiary/aromatic N) is 3. The van der Waals surface area contributed by atoms with Gasteiger partial charge in [0.2, 0.25) is 0 Å². The number of piperazine rings is 1. The Morgan fingerprint density at radius 3 is 2.39 bits per heavy atom. The normalized spacial score (nSPS) is 15.1. The second-order valence-electron chi connectivity index (χ2n) is 8.66. The molecule has 168 valence electrons. The first-order chi connectivity index (χ1) is 16.0. The number of phenols is 1. The number of anilines is 2. The average molecular weight is 459 g/mol. The van der Waals surface area contributed by atoms with Crippen LogP contribution in [-0.2, 0) is 6.54 Å². The molecule has 1 aliphatic heterocycles. The highest BCUT2D eigenvalue weighted by Gasteiger charge is 2.14. The molecular weight excluding hydrogens is 432 g/mol. The lowest BCUT2D eigenvalue weighted by Crippen LogP contribution is -2.43. The molecule has 0 amide bonds. The van der Waals surface area contributed by atoms with Crippen molar-refractivity contribution in [1.29, 1.82) is 0 Å². The minimum absolute atomic E-state index is 0.0845. The molecule has 0 atom stereocenters. The van der Waals surface area contributed by atoms with Gasteiger partial charge >= 0.3 is 0 Å². The first kappa shape index (κ1) is 21.7. The number of nitrogens with one attached hydrogen (secondary N) is 1. The fourth-order valence-corrected chi connectivity index (χ4v) is 4.41. The molecule has 0 unspecified atom stereocenters. The van der Waals surface area contributed by atoms with Gasteiger partial charge in [0.25, 0.3) is 0 Å². The van der Waals surface area contributed by atoms with E-state index in [1.165, 1.54) is 5.56 Å². The minimum atomic E-state index is 0.0845. The van der Waals surface area contributed by atoms with E-state index in [4.69, 9.17) is 11.6 Å². The predicted molar refractivity (Wildman–Crippen MR) is 136 cm³/mol. The van der Waals surface area contributed by atoms with Crippen molar-refractivity contribution in [3.05, 3.63) is 83.5 Å². The maximum absolute atomic E-state index is 9.74. The Labute approximate surface area is 199 Å². The molecule has 2 heterocycles. The van der Waals surface area contributed by atoms with Gasteiger partial charge in [0.05, 0.1) is 10.5 Å². The zero-order valence-electron chi connectivity index (χ0n) is 18.6. The molecule has 2 N–H and O–H groups in total. The monoisotopic (exact) mass is 458 g/mol. The molecule has 33 heavy (non-hydrogen) atoms. The molecule has 0 bridgehead atoms. The number of aromatic nitrogens is 1. The van der Waals surface area contributed by atoms with Crippen molar-refractivity contribution in [2.24, 2.45) is 0 Å². The average Bonchev–Trinajstić information content (AvgIpc) is 2.83. The summed E-state index contributed by atoms with van der Waals surface area (Å²) < 4.78 is 0. The first-order valence-electron chi connectivity index (χ1n) is 11.2. The van der Waals surface area contributed by atoms with Gasteiger partial charge in [0.15, 0.2) is 0 Å². The van der Waals surface area contributed by atoms with Gasteiger partial charge in [-0.3, -0.25) is 9.88 Å². The number of fused-ring (bicyclic) bond motifs is 1. The Morgan fingerprint density at radius 1 is 0.909 bits per heavy atom. The molecule has 5 nitrogen and oxygen atoms in total. The molecule has 0 spiro atoms. The summed E-state index contributed by atoms with van der Waals surface area (Å²) in [7, 11) is 2.18. The number of hydrogen-bond donors (Lipinski definition) is 2. The Bertz CT molecular complexity index is 1270. The zero-order chi connectivity index (χ0) is 22.8. The fourth-order valence-electron chi connectivity index (χ4n) is 4.23. The Morgan fingerprint density at radius 2 is 1.64 bits per heavy atom. The second kappa shape index (κ2) is 9.40. The van der Waals surface area contributed by atoms with Crippen LogP contribution in [0.5, 0.6) is 5.75 Å². The lowest BCUT2D eigenvalue weighted by Gasteiger charge is -2.32. The molecule has 0 aliphatic carbocycles. The van der Waals surface area contributed by atoms with E-state index in [0.29, 0.717) is 5.02 Å². The molecule has 5 rings (SSSR count). The van der Waals surface area contributed by atoms with Crippen molar-refractivity contribution in [2.75, 3.05) is 38.5 Å². The number of phenolic OH excluding ortho intramolecular Hbond substituents is 1. The van der Waals surface area contributed by atoms with E-state index in [2.05, 4.69) is 57.5 Å². The van der Waals surface area contributed by atoms with Gasteiger partial charge in [-0.2, -0.15) is 0 Å². The van der Waals surface area contributed by atoms with E-state index in [-0.39, 0.29) is 5.75 Å². The van der Waals surface area contributed by atoms with Crippen molar-refractivity contribution in [2.45, 2.75) is 6.54 Å². The van der Waals surface area contributed by atoms with Gasteiger partial charge < -0.3 is 15.3 Å². The highest BCUT2D eigenvalue weighted by Crippen LogP contribution is 2.33. The third kappa shape index (κ3) is 4.96. The summed E-state index contributed by atoms with van der Waals surface area (Å²) in [6.45, 7) is 5.49. The molecular formula is C27H27ClN4O. The first-order valence-corrected chi connectivity index (χ1v) is 11.6. The van der Waals surface area contributed by atoms with E-state index in [0.717, 1.165) is 66.1 Å². The minimum Gasteiger partial charge on any atom is -0.506 e. The van der Waals surface area contributed by atoms with Crippen molar-refractivity contribution < 1.29 is 5.11 Å². The summed E-state index contributed by atoms with van der Waals surface area (Å²) in [6.07, 6.45) is 1.82. The third-order valence-corrected chi connectivity index (χ3v) is 6.56. The van der Waals surface area contributed by atoms with Crippen molar-refractivity contribution in [1.82, 2.24) is 14.8 Å². The van der Waals surface area contributed by atoms with Crippen molar-refractivity contribution >= 4 is 33.9 Å². The molecule has 4 aromatic rings. The van der Waals surface area contributed by atoms with Gasteiger partial charge in [-0.15, -0.1) is 0 Å². The summed E-state index contributed by atoms with van der Waals surface area (Å²) in [5.74, 6) is 0.0845. The molecule has 1 fully saturated rings. The molecule has 1 saturated heterocycles. The molecule has 1 aliphatic rings. The van der Waals surface area contributed by atoms with Crippen molar-refractivity contribution in [3.63, 3.8) is 0 Å². The topological polar surface area (TPSA) is 51.6 Å². The highest BCUT2D eigenvalue weighted by atomic mass is 35.5. The number of halogens is 1. The largest absolute Gasteiger partial charge is 0.506 e. The fraction of sp³-hybridized carbons (Fsp3) is 0.222. The number of benzene rings is 3. The molecule has 0 saturated carbocycles. The third-order valence-electron chi connectivity index (χ3n) is 6.26. The van der Waals surface area contributed by atoms with Crippen LogP contribution in [0.25, 0.3) is 22.0 Å². The molecule has 3 aromatic carbocycles. The van der Waals surface area contributed by atoms with E-state index >= 15 is 0 Å². The molecule has 0 radical (unpaired) electrons. The second-order valence-corrected chi connectivity index (χ2v) is 9.07. The van der Waals surface area contributed by atoms with Gasteiger partial charge in [-0.1, -0.05) is 35.9 Å². The van der Waals surface area contributed by atoms with E-state index in [1.54, 1.807) is 12.1 Å². The van der Waals surface area contributed by atoms with Crippen LogP contribution < -0.4 is 5.32 Å². The van der Waals surface area contributed by atoms with Crippen LogP contribution in [0.2, 0.25) is 5.02 Å². The van der Waals surface area contributed by atoms with Crippen LogP contribution in [0.4, 0.5) is 11.4 Å². The number of pyridine rings is 1. The van der Waals surface area contributed by atoms with Crippen LogP contribution in [-0.4, -0.2) is 53.1 Å². The van der Waals surface area contributed by atoms with Gasteiger partial charge in [0.1, 0.15) is 5.75 Å². The highest BCUT2D eigenvalue weighted by molar-refractivity contribution is 6.32. The summed E-state index contributed by atoms with van der Waals surface area (Å²) in [5.41, 5.74) is 6.25. The predicted octanol–water partition coefficient (Wildman–Crippen LogP) is 5.75. The van der Waals surface area contributed by atoms with E-state index < -0.39 is 0 Å². The number of likely N-dealkylation sites (N-methyl/N-ethyl adjacent to an activating group) is 1. The van der Waals surface area contributed by atoms with Gasteiger partial charge in [-0.25, -0.2) is 0 Å². The van der Waals surface area contributed by atoms with Gasteiger partial charge in [-0.05, 0) is 66.2 Å². The van der Waals surface area contributed by atoms with Crippen LogP contribution in [0, 0.1) is 0 Å². The quantitative estimate of drug-likeness (QED) is 0.398. The Kier molecular flexibility index (Phi) is 6.18. The molecule has 6 heteroatoms. The number of aromatic hydroxyl groups is 1. The van der Waals surface area contributed by atoms with Crippen LogP contribution in [0.3, 0.4) is 0 Å². The maximum atomic E-state index is 9.74. The van der Waals surface area contributed by atoms with Crippen LogP contribution >= 0.6 is 11.6 Å². The van der Waals surface area contributed by atoms with E-state index in [9.17, 15) is 5.11 Å². The zero-order valence-corrected chi connectivity index (χ0v) is 19.4. The summed E-state index contributed by atoms with van der Waals surface area (Å²) in [4.78, 5) is 9.41. The van der Waals surface area contributed by atoms with Crippen molar-refractivity contribution in [3.8, 4) is 16.9 Å². The smallest absolute Gasteiger partial charge is 0.134 e. The van der Waals surface area contributed by atoms with Crippen LogP contribution in [0.15, 0.2) is 72.9 Å². The maximum Gasteiger partial charge on any atom is 0.134 e. The summed E-state index contributed by atoms with van der Waals surface area (Å²) in [6, 6.07) is 22.1. The number of hydrogen-bond acceptors (Lipinski definition) is 5. The summed E-state index contributed by atoms with van der Waals surface area (Å²) >= 11 is 6.12. The lowest BCUT2D eigenvalue weighted by atomic mass is 10.0. The van der Waals surface area contributed by atoms with Gasteiger partial charge in [0, 0.05) is 55.7 Å². The molecule has 1 aromatic heterocycles. The standard InChI is InChI=1S/C27H27ClN4O/c1-31-12-14-32(15-13-31)18-19-2-6-22(7-3-19)30-26-10-11-29-25-8-4-20(16-23(25)26)21-5-9-27(33)24(28)17-21/h2-11,16-17,33H,12-15,18H2,1H3,(H,29,30). The van der Waals surface area contributed by atoms with E-state index in [1.807, 2.05) is 30.5 Å². The Balaban J connectivity index is 1.36. The SMILES string of the molecule is CN1CCN(Cc2ccc(Nc3ccnc4ccc(-c5ccc(O)c(Cl)c5)cc34)cc2)CC1. The number of rotatable bonds is 5.